The second-order valence-electron chi connectivity index (χ2n) is 6.67. The van der Waals surface area contributed by atoms with Gasteiger partial charge in [-0.2, -0.15) is 5.10 Å². The van der Waals surface area contributed by atoms with Gasteiger partial charge in [-0.25, -0.2) is 0 Å². The number of hydrogen-bond donors (Lipinski definition) is 2. The van der Waals surface area contributed by atoms with Crippen molar-refractivity contribution in [2.24, 2.45) is 0 Å². The van der Waals surface area contributed by atoms with E-state index in [0.29, 0.717) is 18.0 Å². The number of carbonyl (C=O) groups excluding carboxylic acids is 1. The van der Waals surface area contributed by atoms with Gasteiger partial charge in [-0.1, -0.05) is 18.9 Å². The summed E-state index contributed by atoms with van der Waals surface area (Å²) in [4.78, 5) is 13.5. The number of thiophene rings is 1. The Balaban J connectivity index is 1.60. The van der Waals surface area contributed by atoms with Crippen LogP contribution in [0.2, 0.25) is 0 Å². The molecule has 2 atom stereocenters. The molecule has 2 aromatic heterocycles. The highest BCUT2D eigenvalue weighted by Crippen LogP contribution is 2.30. The summed E-state index contributed by atoms with van der Waals surface area (Å²) < 4.78 is 2.01. The molecule has 2 N–H and O–H groups in total. The van der Waals surface area contributed by atoms with Crippen molar-refractivity contribution in [1.29, 1.82) is 0 Å². The zero-order chi connectivity index (χ0) is 17.1. The van der Waals surface area contributed by atoms with Crippen molar-refractivity contribution >= 4 is 17.2 Å². The number of nitrogens with zero attached hydrogens (tertiary/aromatic N) is 2. The Kier molecular flexibility index (Phi) is 5.36. The Hall–Kier alpha value is -1.66. The van der Waals surface area contributed by atoms with Gasteiger partial charge in [0, 0.05) is 16.6 Å². The monoisotopic (exact) mass is 347 g/mol. The van der Waals surface area contributed by atoms with Crippen molar-refractivity contribution < 1.29 is 9.90 Å². The Labute approximate surface area is 146 Å². The quantitative estimate of drug-likeness (QED) is 0.839. The first-order chi connectivity index (χ1) is 11.6. The number of nitrogens with one attached hydrogen (secondary N) is 1. The topological polar surface area (TPSA) is 67.2 Å². The fraction of sp³-hybridized carbons (Fsp3) is 0.556. The molecule has 1 fully saturated rings. The summed E-state index contributed by atoms with van der Waals surface area (Å²) in [6.07, 6.45) is 6.40. The Morgan fingerprint density at radius 3 is 2.92 bits per heavy atom. The zero-order valence-corrected chi connectivity index (χ0v) is 15.1. The third-order valence-corrected chi connectivity index (χ3v) is 5.76. The van der Waals surface area contributed by atoms with Gasteiger partial charge >= 0.3 is 0 Å². The molecular formula is C18H25N3O2S. The maximum absolute atomic E-state index is 12.5. The fourth-order valence-corrected chi connectivity index (χ4v) is 4.18. The van der Waals surface area contributed by atoms with Gasteiger partial charge in [0.15, 0.2) is 0 Å². The van der Waals surface area contributed by atoms with E-state index >= 15 is 0 Å². The van der Waals surface area contributed by atoms with Crippen LogP contribution in [0.25, 0.3) is 0 Å². The molecule has 24 heavy (non-hydrogen) atoms. The van der Waals surface area contributed by atoms with Gasteiger partial charge in [-0.3, -0.25) is 9.48 Å². The van der Waals surface area contributed by atoms with Gasteiger partial charge in [0.05, 0.1) is 23.9 Å². The van der Waals surface area contributed by atoms with Crippen molar-refractivity contribution in [3.05, 3.63) is 39.8 Å². The van der Waals surface area contributed by atoms with Crippen molar-refractivity contribution in [3.8, 4) is 0 Å². The highest BCUT2D eigenvalue weighted by molar-refractivity contribution is 7.10. The van der Waals surface area contributed by atoms with E-state index in [1.165, 1.54) is 24.2 Å². The molecule has 6 heteroatoms. The molecule has 1 aliphatic rings. The van der Waals surface area contributed by atoms with E-state index in [9.17, 15) is 9.90 Å². The van der Waals surface area contributed by atoms with Crippen LogP contribution < -0.4 is 5.32 Å². The van der Waals surface area contributed by atoms with Crippen molar-refractivity contribution in [2.75, 3.05) is 0 Å². The standard InChI is InChI=1S/C18H25N3O2S/c1-12(10-16(22)17-8-5-9-24-17)20-18(23)15-11-19-21(13(15)2)14-6-3-4-7-14/h5,8-9,11-12,14,16,22H,3-4,6-7,10H2,1-2H3,(H,20,23). The predicted molar refractivity (Wildman–Crippen MR) is 95.3 cm³/mol. The Morgan fingerprint density at radius 2 is 2.25 bits per heavy atom. The molecule has 130 valence electrons. The second-order valence-corrected chi connectivity index (χ2v) is 7.65. The summed E-state index contributed by atoms with van der Waals surface area (Å²) in [7, 11) is 0. The number of hydrogen-bond acceptors (Lipinski definition) is 4. The predicted octanol–water partition coefficient (Wildman–Crippen LogP) is 3.61. The van der Waals surface area contributed by atoms with E-state index in [0.717, 1.165) is 23.4 Å². The van der Waals surface area contributed by atoms with Crippen LogP contribution in [0.3, 0.4) is 0 Å². The maximum atomic E-state index is 12.5. The number of amides is 1. The average Bonchev–Trinajstić information content (AvgIpc) is 3.28. The van der Waals surface area contributed by atoms with Gasteiger partial charge in [-0.15, -0.1) is 11.3 Å². The minimum Gasteiger partial charge on any atom is -0.387 e. The third kappa shape index (κ3) is 3.70. The molecule has 3 rings (SSSR count). The van der Waals surface area contributed by atoms with Gasteiger partial charge in [-0.05, 0) is 44.6 Å². The second kappa shape index (κ2) is 7.49. The molecule has 2 heterocycles. The lowest BCUT2D eigenvalue weighted by Crippen LogP contribution is -2.34. The van der Waals surface area contributed by atoms with E-state index in [-0.39, 0.29) is 11.9 Å². The van der Waals surface area contributed by atoms with Crippen LogP contribution in [-0.4, -0.2) is 26.8 Å². The molecule has 0 spiro atoms. The van der Waals surface area contributed by atoms with Crippen LogP contribution in [0.1, 0.15) is 72.1 Å². The third-order valence-electron chi connectivity index (χ3n) is 4.79. The van der Waals surface area contributed by atoms with Gasteiger partial charge in [0.1, 0.15) is 0 Å². The molecule has 5 nitrogen and oxygen atoms in total. The molecule has 1 aliphatic carbocycles. The van der Waals surface area contributed by atoms with E-state index in [1.807, 2.05) is 36.0 Å². The number of aliphatic hydroxyl groups is 1. The number of aromatic nitrogens is 2. The maximum Gasteiger partial charge on any atom is 0.254 e. The van der Waals surface area contributed by atoms with E-state index in [2.05, 4.69) is 10.4 Å². The minimum absolute atomic E-state index is 0.108. The zero-order valence-electron chi connectivity index (χ0n) is 14.2. The van der Waals surface area contributed by atoms with Crippen LogP contribution >= 0.6 is 11.3 Å². The van der Waals surface area contributed by atoms with E-state index in [4.69, 9.17) is 0 Å². The van der Waals surface area contributed by atoms with Gasteiger partial charge in [0.2, 0.25) is 0 Å². The molecule has 0 bridgehead atoms. The summed E-state index contributed by atoms with van der Waals surface area (Å²) in [5.74, 6) is -0.109. The Morgan fingerprint density at radius 1 is 1.50 bits per heavy atom. The molecule has 2 aromatic rings. The number of aliphatic hydroxyl groups excluding tert-OH is 1. The smallest absolute Gasteiger partial charge is 0.254 e. The lowest BCUT2D eigenvalue weighted by Gasteiger charge is -2.17. The van der Waals surface area contributed by atoms with Crippen LogP contribution in [0.5, 0.6) is 0 Å². The van der Waals surface area contributed by atoms with Crippen molar-refractivity contribution in [1.82, 2.24) is 15.1 Å². The van der Waals surface area contributed by atoms with Crippen LogP contribution in [-0.2, 0) is 0 Å². The van der Waals surface area contributed by atoms with Crippen LogP contribution in [0.4, 0.5) is 0 Å². The molecule has 0 aromatic carbocycles. The summed E-state index contributed by atoms with van der Waals surface area (Å²) in [6.45, 7) is 3.89. The average molecular weight is 347 g/mol. The summed E-state index contributed by atoms with van der Waals surface area (Å²) in [5, 5.41) is 19.6. The summed E-state index contributed by atoms with van der Waals surface area (Å²) >= 11 is 1.53. The van der Waals surface area contributed by atoms with E-state index in [1.54, 1.807) is 6.20 Å². The fourth-order valence-electron chi connectivity index (χ4n) is 3.46. The minimum atomic E-state index is -0.539. The first kappa shape index (κ1) is 17.2. The molecule has 1 amide bonds. The van der Waals surface area contributed by atoms with Gasteiger partial charge < -0.3 is 10.4 Å². The molecule has 2 unspecified atom stereocenters. The summed E-state index contributed by atoms with van der Waals surface area (Å²) in [6, 6.07) is 4.17. The largest absolute Gasteiger partial charge is 0.387 e. The first-order valence-corrected chi connectivity index (χ1v) is 9.50. The normalized spacial score (nSPS) is 17.8. The Bertz CT molecular complexity index is 675. The highest BCUT2D eigenvalue weighted by atomic mass is 32.1. The SMILES string of the molecule is Cc1c(C(=O)NC(C)CC(O)c2cccs2)cnn1C1CCCC1. The highest BCUT2D eigenvalue weighted by Gasteiger charge is 2.23. The summed E-state index contributed by atoms with van der Waals surface area (Å²) in [5.41, 5.74) is 1.57. The van der Waals surface area contributed by atoms with Crippen LogP contribution in [0, 0.1) is 6.92 Å². The molecule has 0 aliphatic heterocycles. The molecule has 1 saturated carbocycles. The number of carbonyl (C=O) groups is 1. The first-order valence-electron chi connectivity index (χ1n) is 8.62. The molecule has 0 radical (unpaired) electrons. The van der Waals surface area contributed by atoms with Gasteiger partial charge in [0.25, 0.3) is 5.91 Å². The molecular weight excluding hydrogens is 322 g/mol. The lowest BCUT2D eigenvalue weighted by atomic mass is 10.1. The van der Waals surface area contributed by atoms with E-state index < -0.39 is 6.10 Å². The molecule has 0 saturated heterocycles. The lowest BCUT2D eigenvalue weighted by molar-refractivity contribution is 0.0917. The van der Waals surface area contributed by atoms with Crippen molar-refractivity contribution in [3.63, 3.8) is 0 Å². The van der Waals surface area contributed by atoms with Crippen LogP contribution in [0.15, 0.2) is 23.7 Å². The number of rotatable bonds is 6. The van der Waals surface area contributed by atoms with Crippen molar-refractivity contribution in [2.45, 2.75) is 64.1 Å².